The summed E-state index contributed by atoms with van der Waals surface area (Å²) < 4.78 is 0. The van der Waals surface area contributed by atoms with Crippen LogP contribution in [0.3, 0.4) is 0 Å². The van der Waals surface area contributed by atoms with Gasteiger partial charge in [0.25, 0.3) is 0 Å². The molecule has 0 bridgehead atoms. The van der Waals surface area contributed by atoms with Crippen LogP contribution in [0.4, 0.5) is 0 Å². The minimum atomic E-state index is 0.519. The molecule has 108 valence electrons. The first-order valence-electron chi connectivity index (χ1n) is 7.39. The molecule has 0 radical (unpaired) electrons. The lowest BCUT2D eigenvalue weighted by molar-refractivity contribution is 0.490. The average Bonchev–Trinajstić information content (AvgIpc) is 2.76. The fourth-order valence-corrected chi connectivity index (χ4v) is 3.40. The van der Waals surface area contributed by atoms with Crippen molar-refractivity contribution < 1.29 is 0 Å². The van der Waals surface area contributed by atoms with Crippen LogP contribution in [0.2, 0.25) is 0 Å². The van der Waals surface area contributed by atoms with Gasteiger partial charge in [-0.05, 0) is 38.8 Å². The van der Waals surface area contributed by atoms with E-state index < -0.39 is 0 Å². The van der Waals surface area contributed by atoms with Gasteiger partial charge in [0.05, 0.1) is 10.7 Å². The van der Waals surface area contributed by atoms with Gasteiger partial charge in [-0.2, -0.15) is 0 Å². The van der Waals surface area contributed by atoms with Crippen LogP contribution >= 0.6 is 11.3 Å². The van der Waals surface area contributed by atoms with E-state index in [0.29, 0.717) is 6.04 Å². The Hall–Kier alpha value is -1.19. The summed E-state index contributed by atoms with van der Waals surface area (Å²) in [4.78, 5) is 6.01. The molecule has 1 unspecified atom stereocenters. The van der Waals surface area contributed by atoms with Crippen molar-refractivity contribution in [2.24, 2.45) is 0 Å². The highest BCUT2D eigenvalue weighted by Crippen LogP contribution is 2.19. The highest BCUT2D eigenvalue weighted by atomic mass is 32.1. The lowest BCUT2D eigenvalue weighted by Gasteiger charge is -2.16. The summed E-state index contributed by atoms with van der Waals surface area (Å²) in [7, 11) is 0. The molecule has 20 heavy (non-hydrogen) atoms. The number of nitrogens with zero attached hydrogens (tertiary/aromatic N) is 1. The number of rotatable bonds is 7. The summed E-state index contributed by atoms with van der Waals surface area (Å²) in [5.74, 6) is 0. The third-order valence-electron chi connectivity index (χ3n) is 3.61. The number of likely N-dealkylation sites (N-methyl/N-ethyl adjacent to an activating group) is 1. The van der Waals surface area contributed by atoms with Gasteiger partial charge < -0.3 is 5.32 Å². The van der Waals surface area contributed by atoms with E-state index in [0.717, 1.165) is 25.8 Å². The molecule has 0 spiro atoms. The molecule has 2 nitrogen and oxygen atoms in total. The van der Waals surface area contributed by atoms with Crippen molar-refractivity contribution >= 4 is 11.3 Å². The number of thiazole rings is 1. The largest absolute Gasteiger partial charge is 0.314 e. The van der Waals surface area contributed by atoms with Crippen LogP contribution in [0.15, 0.2) is 30.3 Å². The first-order valence-corrected chi connectivity index (χ1v) is 8.21. The molecule has 1 aromatic heterocycles. The molecule has 2 aromatic rings. The Balaban J connectivity index is 1.93. The fraction of sp³-hybridized carbons (Fsp3) is 0.471. The van der Waals surface area contributed by atoms with Gasteiger partial charge in [-0.1, -0.05) is 37.3 Å². The summed E-state index contributed by atoms with van der Waals surface area (Å²) >= 11 is 1.84. The lowest BCUT2D eigenvalue weighted by atomic mass is 10.0. The van der Waals surface area contributed by atoms with Gasteiger partial charge in [-0.15, -0.1) is 11.3 Å². The number of benzene rings is 1. The molecule has 0 fully saturated rings. The van der Waals surface area contributed by atoms with Gasteiger partial charge in [0.1, 0.15) is 0 Å². The highest BCUT2D eigenvalue weighted by molar-refractivity contribution is 7.11. The summed E-state index contributed by atoms with van der Waals surface area (Å²) in [6.45, 7) is 7.45. The average molecular weight is 288 g/mol. The van der Waals surface area contributed by atoms with Gasteiger partial charge in [-0.25, -0.2) is 4.98 Å². The van der Waals surface area contributed by atoms with E-state index in [1.807, 2.05) is 11.3 Å². The number of hydrogen-bond acceptors (Lipinski definition) is 3. The van der Waals surface area contributed by atoms with Crippen LogP contribution in [0.1, 0.15) is 34.5 Å². The number of hydrogen-bond donors (Lipinski definition) is 1. The summed E-state index contributed by atoms with van der Waals surface area (Å²) in [5.41, 5.74) is 2.60. The van der Waals surface area contributed by atoms with Crippen LogP contribution < -0.4 is 5.32 Å². The molecule has 1 heterocycles. The Kier molecular flexibility index (Phi) is 5.74. The van der Waals surface area contributed by atoms with Crippen molar-refractivity contribution in [3.05, 3.63) is 51.5 Å². The number of aryl methyl sites for hydroxylation is 3. The second-order valence-corrected chi connectivity index (χ2v) is 6.52. The number of nitrogens with one attached hydrogen (secondary N) is 1. The Bertz CT molecular complexity index is 500. The molecule has 0 amide bonds. The molecule has 0 saturated heterocycles. The molecular weight excluding hydrogens is 264 g/mol. The van der Waals surface area contributed by atoms with E-state index in [2.05, 4.69) is 61.4 Å². The first-order chi connectivity index (χ1) is 9.69. The van der Waals surface area contributed by atoms with Crippen molar-refractivity contribution in [3.63, 3.8) is 0 Å². The van der Waals surface area contributed by atoms with E-state index in [1.54, 1.807) is 0 Å². The summed E-state index contributed by atoms with van der Waals surface area (Å²) in [6, 6.07) is 11.2. The molecule has 0 aliphatic carbocycles. The van der Waals surface area contributed by atoms with Gasteiger partial charge >= 0.3 is 0 Å². The molecule has 1 aromatic carbocycles. The molecule has 0 saturated carbocycles. The fourth-order valence-electron chi connectivity index (χ4n) is 2.39. The van der Waals surface area contributed by atoms with Crippen molar-refractivity contribution in [2.75, 3.05) is 6.54 Å². The molecule has 0 aliphatic heterocycles. The third kappa shape index (κ3) is 4.43. The summed E-state index contributed by atoms with van der Waals surface area (Å²) in [6.07, 6.45) is 3.33. The van der Waals surface area contributed by atoms with Gasteiger partial charge in [0.2, 0.25) is 0 Å². The topological polar surface area (TPSA) is 24.9 Å². The molecular formula is C17H24N2S. The zero-order valence-electron chi connectivity index (χ0n) is 12.6. The minimum absolute atomic E-state index is 0.519. The zero-order valence-corrected chi connectivity index (χ0v) is 13.5. The maximum atomic E-state index is 4.67. The molecule has 1 N–H and O–H groups in total. The monoisotopic (exact) mass is 288 g/mol. The zero-order chi connectivity index (χ0) is 14.4. The third-order valence-corrected chi connectivity index (χ3v) is 4.71. The van der Waals surface area contributed by atoms with Crippen molar-refractivity contribution in [3.8, 4) is 0 Å². The van der Waals surface area contributed by atoms with Crippen LogP contribution in [0, 0.1) is 13.8 Å². The molecule has 2 rings (SSSR count). The van der Waals surface area contributed by atoms with Crippen LogP contribution in [0.25, 0.3) is 0 Å². The molecule has 3 heteroatoms. The second-order valence-electron chi connectivity index (χ2n) is 5.23. The second kappa shape index (κ2) is 7.55. The van der Waals surface area contributed by atoms with E-state index >= 15 is 0 Å². The van der Waals surface area contributed by atoms with Gasteiger partial charge in [-0.3, -0.25) is 0 Å². The standard InChI is InChI=1S/C17H24N2S/c1-4-18-16(11-10-15-8-6-5-7-9-15)12-17-19-13(2)14(3)20-17/h5-9,16,18H,4,10-12H2,1-3H3. The maximum Gasteiger partial charge on any atom is 0.0946 e. The summed E-state index contributed by atoms with van der Waals surface area (Å²) in [5, 5.41) is 4.86. The van der Waals surface area contributed by atoms with Crippen molar-refractivity contribution in [1.29, 1.82) is 0 Å². The SMILES string of the molecule is CCNC(CCc1ccccc1)Cc1nc(C)c(C)s1. The predicted octanol–water partition coefficient (Wildman–Crippen LogP) is 3.91. The van der Waals surface area contributed by atoms with E-state index in [1.165, 1.54) is 21.1 Å². The molecule has 1 atom stereocenters. The van der Waals surface area contributed by atoms with E-state index in [4.69, 9.17) is 0 Å². The Labute approximate surface area is 126 Å². The highest BCUT2D eigenvalue weighted by Gasteiger charge is 2.12. The molecule has 0 aliphatic rings. The van der Waals surface area contributed by atoms with Crippen LogP contribution in [-0.2, 0) is 12.8 Å². The maximum absolute atomic E-state index is 4.67. The van der Waals surface area contributed by atoms with Crippen LogP contribution in [-0.4, -0.2) is 17.6 Å². The normalized spacial score (nSPS) is 12.6. The van der Waals surface area contributed by atoms with Gasteiger partial charge in [0.15, 0.2) is 0 Å². The predicted molar refractivity (Wildman–Crippen MR) is 87.5 cm³/mol. The van der Waals surface area contributed by atoms with Crippen molar-refractivity contribution in [1.82, 2.24) is 10.3 Å². The smallest absolute Gasteiger partial charge is 0.0946 e. The Morgan fingerprint density at radius 2 is 1.95 bits per heavy atom. The van der Waals surface area contributed by atoms with E-state index in [9.17, 15) is 0 Å². The van der Waals surface area contributed by atoms with Crippen LogP contribution in [0.5, 0.6) is 0 Å². The minimum Gasteiger partial charge on any atom is -0.314 e. The quantitative estimate of drug-likeness (QED) is 0.835. The lowest BCUT2D eigenvalue weighted by Crippen LogP contribution is -2.31. The van der Waals surface area contributed by atoms with Crippen molar-refractivity contribution in [2.45, 2.75) is 46.1 Å². The number of aromatic nitrogens is 1. The van der Waals surface area contributed by atoms with E-state index in [-0.39, 0.29) is 0 Å². The Morgan fingerprint density at radius 3 is 2.55 bits per heavy atom. The Morgan fingerprint density at radius 1 is 1.20 bits per heavy atom. The first kappa shape index (κ1) is 15.2. The van der Waals surface area contributed by atoms with Gasteiger partial charge in [0, 0.05) is 17.3 Å².